The van der Waals surface area contributed by atoms with Crippen LogP contribution in [0.1, 0.15) is 0 Å². The molecule has 0 saturated carbocycles. The molecule has 0 N–H and O–H groups in total. The normalized spacial score (nSPS) is 10.8. The predicted octanol–water partition coefficient (Wildman–Crippen LogP) is 2.89. The van der Waals surface area contributed by atoms with Crippen LogP contribution in [0.5, 0.6) is 0 Å². The summed E-state index contributed by atoms with van der Waals surface area (Å²) in [6, 6.07) is 95.2. The van der Waals surface area contributed by atoms with E-state index < -0.39 is 50.9 Å². The minimum atomic E-state index is -4.94. The molecule has 0 spiro atoms. The van der Waals surface area contributed by atoms with Crippen LogP contribution in [0.2, 0.25) is 0 Å². The Hall–Kier alpha value is -3.56. The largest absolute Gasteiger partial charge is 0.222 e. The molecule has 0 aliphatic carbocycles. The molecule has 2 radical (unpaired) electrons. The molecule has 0 saturated heterocycles. The fourth-order valence-corrected chi connectivity index (χ4v) is 14.5. The first kappa shape index (κ1) is 67.6. The molecule has 9 rings (SSSR count). The first-order valence-electron chi connectivity index (χ1n) is 22.3. The summed E-state index contributed by atoms with van der Waals surface area (Å²) < 4.78 is 67.9. The summed E-state index contributed by atoms with van der Waals surface area (Å²) in [7, 11) is -14.2. The van der Waals surface area contributed by atoms with Gasteiger partial charge in [-0.15, -0.1) is 20.5 Å². The molecule has 0 aromatic heterocycles. The summed E-state index contributed by atoms with van der Waals surface area (Å²) in [4.78, 5) is 0. The van der Waals surface area contributed by atoms with Crippen molar-refractivity contribution in [2.75, 3.05) is 6.66 Å². The van der Waals surface area contributed by atoms with Crippen molar-refractivity contribution in [3.63, 3.8) is 0 Å². The van der Waals surface area contributed by atoms with Crippen LogP contribution in [0.25, 0.3) is 0 Å². The van der Waals surface area contributed by atoms with Gasteiger partial charge in [0.25, 0.3) is 0 Å². The van der Waals surface area contributed by atoms with Gasteiger partial charge in [0.15, 0.2) is 0 Å². The maximum absolute atomic E-state index is 8.49. The maximum atomic E-state index is 8.49. The minimum Gasteiger partial charge on any atom is -0.222 e. The average molecular weight is 1480 g/mol. The van der Waals surface area contributed by atoms with Crippen LogP contribution in [0.4, 0.5) is 0 Å². The molecule has 0 fully saturated rings. The molecule has 9 aromatic carbocycles. The SMILES string of the molecule is C[PH+](c1ccccc1)c1ccccc1.[Au].[Au].[CH2-][P+]([CH2-])(c1ccccc1)c1ccccc1.[CH2-][P+]([CH2-])(c1ccccc1)c1ccccc1.[O-][Cl+3]([O-])([O-])[O-].[O-][Cl+3]([O-])([O-])[O-].c1ccc(P(c2ccccc2)c2ccccc2)cc1. The van der Waals surface area contributed by atoms with Crippen molar-refractivity contribution in [1.29, 1.82) is 0 Å². The standard InChI is InChI=1S/C18H15P.2C14H14P.C13H13P.2Au.2ClHO4/c1-4-10-16(11-5-1)19(17-12-6-2-7-13-17)18-14-8-3-9-15-18;2*1-15(2,13-9-5-3-6-10-13)14-11-7-4-8-12-14;1-14(12-8-4-2-5-9-12)13-10-6-3-7-11-13;;;2*2-1(3,4)5/h1-15H;2*3-12H,1-2H2;2-11H,1H3;;;2*(H,2,3,4,5)/q;2*-1;;;;;/p-1. The van der Waals surface area contributed by atoms with Gasteiger partial charge in [0.05, 0.1) is 25.2 Å². The molecule has 8 nitrogen and oxygen atoms in total. The second-order valence-corrected chi connectivity index (χ2v) is 27.8. The van der Waals surface area contributed by atoms with E-state index in [0.717, 1.165) is 0 Å². The Labute approximate surface area is 482 Å². The van der Waals surface area contributed by atoms with Crippen molar-refractivity contribution in [3.8, 4) is 0 Å². The van der Waals surface area contributed by atoms with Crippen molar-refractivity contribution in [2.24, 2.45) is 0 Å². The topological polar surface area (TPSA) is 184 Å². The molecule has 0 unspecified atom stereocenters. The van der Waals surface area contributed by atoms with E-state index in [1.165, 1.54) is 47.7 Å². The summed E-state index contributed by atoms with van der Waals surface area (Å²) in [6.07, 6.45) is 0. The Kier molecular flexibility index (Phi) is 31.6. The summed E-state index contributed by atoms with van der Waals surface area (Å²) in [5, 5.41) is 12.1. The summed E-state index contributed by atoms with van der Waals surface area (Å²) in [5.74, 6) is 0. The molecule has 0 heterocycles. The van der Waals surface area contributed by atoms with Gasteiger partial charge >= 0.3 is 0 Å². The van der Waals surface area contributed by atoms with Crippen molar-refractivity contribution >= 4 is 78.1 Å². The Morgan fingerprint density at radius 2 is 0.440 bits per heavy atom. The van der Waals surface area contributed by atoms with E-state index >= 15 is 0 Å². The third-order valence-corrected chi connectivity index (χ3v) is 20.4. The Balaban J connectivity index is 0.000000321. The first-order valence-corrected chi connectivity index (χ1v) is 32.4. The van der Waals surface area contributed by atoms with Crippen LogP contribution in [-0.2, 0) is 44.8 Å². The van der Waals surface area contributed by atoms with Gasteiger partial charge in [-0.3, -0.25) is 0 Å². The van der Waals surface area contributed by atoms with Crippen LogP contribution in [0, 0.1) is 47.1 Å². The molecule has 0 aliphatic heterocycles. The predicted molar refractivity (Wildman–Crippen MR) is 291 cm³/mol. The summed E-state index contributed by atoms with van der Waals surface area (Å²) >= 11 is 0. The van der Waals surface area contributed by atoms with Crippen molar-refractivity contribution in [2.45, 2.75) is 0 Å². The van der Waals surface area contributed by atoms with E-state index in [-0.39, 0.29) is 44.8 Å². The number of halogens is 2. The second-order valence-electron chi connectivity index (χ2n) is 15.7. The van der Waals surface area contributed by atoms with E-state index in [9.17, 15) is 0 Å². The Morgan fingerprint density at radius 3 is 0.613 bits per heavy atom. The third-order valence-electron chi connectivity index (χ3n) is 10.5. The molecule has 75 heavy (non-hydrogen) atoms. The first-order chi connectivity index (χ1) is 34.7. The van der Waals surface area contributed by atoms with Gasteiger partial charge < -0.3 is 0 Å². The Bertz CT molecular complexity index is 2510. The number of hydrogen-bond donors (Lipinski definition) is 0. The second kappa shape index (κ2) is 35.1. The molecule has 0 amide bonds. The van der Waals surface area contributed by atoms with Gasteiger partial charge in [0.1, 0.15) is 0 Å². The van der Waals surface area contributed by atoms with Gasteiger partial charge in [0.2, 0.25) is 0 Å². The van der Waals surface area contributed by atoms with Gasteiger partial charge in [0, 0.05) is 66.0 Å². The molecule has 0 atom stereocenters. The number of hydrogen-bond acceptors (Lipinski definition) is 8. The zero-order chi connectivity index (χ0) is 53.2. The van der Waals surface area contributed by atoms with E-state index in [0.29, 0.717) is 0 Å². The Morgan fingerprint density at radius 1 is 0.293 bits per heavy atom. The zero-order valence-corrected chi connectivity index (χ0v) is 50.3. The molecule has 0 bridgehead atoms. The van der Waals surface area contributed by atoms with E-state index in [1.807, 2.05) is 72.8 Å². The van der Waals surface area contributed by atoms with Gasteiger partial charge in [-0.2, -0.15) is 41.2 Å². The molecule has 16 heteroatoms. The smallest absolute Gasteiger partial charge is 0.0964 e. The molecular weight excluding hydrogens is 1430 g/mol. The number of rotatable bonds is 9. The average Bonchev–Trinajstić information content (AvgIpc) is 3.41. The summed E-state index contributed by atoms with van der Waals surface area (Å²) in [5.41, 5.74) is 0. The molecule has 9 aromatic rings. The van der Waals surface area contributed by atoms with Crippen molar-refractivity contribution < 1.29 is 103 Å². The maximum Gasteiger partial charge on any atom is 0.0964 e. The van der Waals surface area contributed by atoms with Gasteiger partial charge in [-0.1, -0.05) is 200 Å². The zero-order valence-electron chi connectivity index (χ0n) is 40.8. The fourth-order valence-electron chi connectivity index (χ4n) is 6.87. The van der Waals surface area contributed by atoms with Gasteiger partial charge in [-0.25, -0.2) is 37.3 Å². The molecule has 0 aliphatic rings. The van der Waals surface area contributed by atoms with E-state index in [2.05, 4.69) is 234 Å². The van der Waals surface area contributed by atoms with E-state index in [1.54, 1.807) is 0 Å². The quantitative estimate of drug-likeness (QED) is 0.120. The van der Waals surface area contributed by atoms with Crippen LogP contribution >= 0.6 is 30.4 Å². The fraction of sp³-hybridized carbons (Fsp3) is 0.0169. The molecule has 400 valence electrons. The van der Waals surface area contributed by atoms with Crippen LogP contribution in [0.15, 0.2) is 273 Å². The number of benzene rings is 9. The third kappa shape index (κ3) is 26.1. The minimum absolute atomic E-state index is 0. The molecular formula is C59H57Au2Cl2O8P4-3. The van der Waals surface area contributed by atoms with E-state index in [4.69, 9.17) is 37.3 Å². The van der Waals surface area contributed by atoms with Crippen LogP contribution < -0.4 is 85.0 Å². The summed E-state index contributed by atoms with van der Waals surface area (Å²) in [6.45, 7) is 19.6. The van der Waals surface area contributed by atoms with Gasteiger partial charge in [-0.05, 0) is 96.6 Å². The van der Waals surface area contributed by atoms with Crippen LogP contribution in [0.3, 0.4) is 0 Å². The monoisotopic (exact) mass is 1480 g/mol. The van der Waals surface area contributed by atoms with Crippen LogP contribution in [-0.4, -0.2) is 6.66 Å². The van der Waals surface area contributed by atoms with Crippen molar-refractivity contribution in [1.82, 2.24) is 0 Å². The van der Waals surface area contributed by atoms with Crippen molar-refractivity contribution in [3.05, 3.63) is 300 Å².